The van der Waals surface area contributed by atoms with Crippen LogP contribution in [0.1, 0.15) is 18.7 Å². The predicted molar refractivity (Wildman–Crippen MR) is 123 cm³/mol. The summed E-state index contributed by atoms with van der Waals surface area (Å²) in [6.07, 6.45) is -3.53. The molecule has 15 heteroatoms. The zero-order chi connectivity index (χ0) is 26.1. The minimum atomic E-state index is -4.44. The summed E-state index contributed by atoms with van der Waals surface area (Å²) in [6.45, 7) is -0.992. The molecule has 1 aliphatic heterocycles. The molecule has 4 rings (SSSR count). The van der Waals surface area contributed by atoms with E-state index in [-0.39, 0.29) is 17.3 Å². The normalized spacial score (nSPS) is 26.5. The number of aliphatic hydroxyl groups is 2. The molecule has 2 aromatic heterocycles. The van der Waals surface area contributed by atoms with Gasteiger partial charge in [0.2, 0.25) is 0 Å². The Kier molecular flexibility index (Phi) is 7.27. The third kappa shape index (κ3) is 4.91. The van der Waals surface area contributed by atoms with E-state index >= 15 is 0 Å². The Morgan fingerprint density at radius 2 is 2.06 bits per heavy atom. The Bertz CT molecular complexity index is 1280. The maximum absolute atomic E-state index is 14.4. The van der Waals surface area contributed by atoms with Crippen LogP contribution in [0.5, 0.6) is 5.75 Å². The highest BCUT2D eigenvalue weighted by molar-refractivity contribution is 7.52. The van der Waals surface area contributed by atoms with Crippen LogP contribution in [0.25, 0.3) is 5.52 Å². The van der Waals surface area contributed by atoms with Crippen molar-refractivity contribution in [2.75, 3.05) is 19.0 Å². The van der Waals surface area contributed by atoms with Gasteiger partial charge >= 0.3 is 13.7 Å². The molecule has 1 aliphatic rings. The van der Waals surface area contributed by atoms with Crippen molar-refractivity contribution in [3.8, 4) is 5.75 Å². The van der Waals surface area contributed by atoms with Crippen LogP contribution < -0.4 is 15.3 Å². The van der Waals surface area contributed by atoms with Crippen LogP contribution >= 0.6 is 7.75 Å². The first-order chi connectivity index (χ1) is 17.1. The minimum absolute atomic E-state index is 0.0861. The van der Waals surface area contributed by atoms with Gasteiger partial charge in [0.15, 0.2) is 5.82 Å². The fraction of sp³-hybridized carbons (Fsp3) is 0.381. The molecular formula is C21H25FN5O8P. The van der Waals surface area contributed by atoms with E-state index in [9.17, 15) is 29.1 Å². The van der Waals surface area contributed by atoms with Gasteiger partial charge in [0.1, 0.15) is 54.2 Å². The van der Waals surface area contributed by atoms with E-state index in [0.717, 1.165) is 0 Å². The number of nitrogens with one attached hydrogen (secondary N) is 1. The number of carboxylic acids is 1. The van der Waals surface area contributed by atoms with Gasteiger partial charge in [0.25, 0.3) is 0 Å². The number of alkyl halides is 1. The molecule has 1 saturated heterocycles. The number of nitrogen functional groups attached to an aromatic ring is 1. The van der Waals surface area contributed by atoms with Gasteiger partial charge in [-0.3, -0.25) is 9.32 Å². The SMILES string of the molecule is C[C@H](N[P@](=O)(OC[C@@]1(CF)O[C@@H](c2ccc3c(N)ncnn23)[C@H](O)[C@@H]1O)Oc1ccccc1)C(=O)O. The topological polar surface area (TPSA) is 191 Å². The quantitative estimate of drug-likeness (QED) is 0.237. The molecule has 0 aliphatic carbocycles. The van der Waals surface area contributed by atoms with Crippen LogP contribution in [0.2, 0.25) is 0 Å². The van der Waals surface area contributed by atoms with E-state index in [2.05, 4.69) is 15.2 Å². The molecule has 0 bridgehead atoms. The number of nitrogens with zero attached hydrogens (tertiary/aromatic N) is 3. The lowest BCUT2D eigenvalue weighted by molar-refractivity contribution is -0.138. The van der Waals surface area contributed by atoms with Crippen LogP contribution in [-0.4, -0.2) is 73.0 Å². The smallest absolute Gasteiger partial charge is 0.459 e. The number of rotatable bonds is 10. The van der Waals surface area contributed by atoms with Gasteiger partial charge in [-0.25, -0.2) is 18.5 Å². The van der Waals surface area contributed by atoms with Gasteiger partial charge in [-0.15, -0.1) is 0 Å². The number of aliphatic carboxylic acids is 1. The zero-order valence-corrected chi connectivity index (χ0v) is 19.9. The van der Waals surface area contributed by atoms with Crippen molar-refractivity contribution in [1.29, 1.82) is 0 Å². The maximum atomic E-state index is 14.4. The number of ether oxygens (including phenoxy) is 1. The van der Waals surface area contributed by atoms with E-state index in [1.807, 2.05) is 0 Å². The van der Waals surface area contributed by atoms with E-state index in [4.69, 9.17) is 19.5 Å². The summed E-state index contributed by atoms with van der Waals surface area (Å²) in [4.78, 5) is 15.2. The third-order valence-corrected chi connectivity index (χ3v) is 7.36. The number of carboxylic acid groups (broad SMARTS) is 1. The molecule has 0 unspecified atom stereocenters. The molecule has 0 spiro atoms. The van der Waals surface area contributed by atoms with Gasteiger partial charge in [0.05, 0.1) is 12.3 Å². The molecule has 1 aromatic carbocycles. The van der Waals surface area contributed by atoms with Crippen LogP contribution in [-0.2, 0) is 18.6 Å². The van der Waals surface area contributed by atoms with Gasteiger partial charge < -0.3 is 30.3 Å². The average molecular weight is 525 g/mol. The molecule has 0 radical (unpaired) electrons. The van der Waals surface area contributed by atoms with E-state index in [1.54, 1.807) is 24.3 Å². The summed E-state index contributed by atoms with van der Waals surface area (Å²) in [5.74, 6) is -1.10. The van der Waals surface area contributed by atoms with Crippen molar-refractivity contribution in [2.45, 2.75) is 36.9 Å². The number of nitrogens with two attached hydrogens (primary N) is 1. The number of halogens is 1. The lowest BCUT2D eigenvalue weighted by atomic mass is 9.96. The highest BCUT2D eigenvalue weighted by Crippen LogP contribution is 2.48. The Morgan fingerprint density at radius 1 is 1.33 bits per heavy atom. The van der Waals surface area contributed by atoms with Gasteiger partial charge in [-0.1, -0.05) is 18.2 Å². The minimum Gasteiger partial charge on any atom is -0.480 e. The predicted octanol–water partition coefficient (Wildman–Crippen LogP) is 1.08. The van der Waals surface area contributed by atoms with Crippen molar-refractivity contribution in [3.63, 3.8) is 0 Å². The average Bonchev–Trinajstić information content (AvgIpc) is 3.39. The van der Waals surface area contributed by atoms with E-state index < -0.39 is 57.0 Å². The van der Waals surface area contributed by atoms with Crippen molar-refractivity contribution >= 4 is 25.1 Å². The number of aromatic nitrogens is 3. The molecule has 6 N–H and O–H groups in total. The lowest BCUT2D eigenvalue weighted by Gasteiger charge is -2.31. The Labute approximate surface area is 204 Å². The molecule has 36 heavy (non-hydrogen) atoms. The van der Waals surface area contributed by atoms with Crippen LogP contribution in [0.4, 0.5) is 10.2 Å². The zero-order valence-electron chi connectivity index (χ0n) is 19.0. The molecule has 13 nitrogen and oxygen atoms in total. The Morgan fingerprint density at radius 3 is 2.72 bits per heavy atom. The number of benzene rings is 1. The van der Waals surface area contributed by atoms with E-state index in [1.165, 1.54) is 36.0 Å². The lowest BCUT2D eigenvalue weighted by Crippen LogP contribution is -2.49. The Balaban J connectivity index is 1.60. The van der Waals surface area contributed by atoms with Crippen LogP contribution in [0, 0.1) is 0 Å². The van der Waals surface area contributed by atoms with E-state index in [0.29, 0.717) is 5.52 Å². The molecule has 0 saturated carbocycles. The molecule has 194 valence electrons. The second-order valence-corrected chi connectivity index (χ2v) is 9.93. The van der Waals surface area contributed by atoms with Gasteiger partial charge in [-0.2, -0.15) is 10.2 Å². The highest BCUT2D eigenvalue weighted by atomic mass is 31.2. The van der Waals surface area contributed by atoms with Crippen molar-refractivity contribution in [3.05, 3.63) is 54.5 Å². The number of hydrogen-bond donors (Lipinski definition) is 5. The fourth-order valence-electron chi connectivity index (χ4n) is 3.76. The summed E-state index contributed by atoms with van der Waals surface area (Å²) in [5.41, 5.74) is 4.32. The number of fused-ring (bicyclic) bond motifs is 1. The van der Waals surface area contributed by atoms with Crippen molar-refractivity contribution in [2.24, 2.45) is 0 Å². The highest BCUT2D eigenvalue weighted by Gasteiger charge is 2.57. The summed E-state index contributed by atoms with van der Waals surface area (Å²) < 4.78 is 45.7. The van der Waals surface area contributed by atoms with Crippen LogP contribution in [0.3, 0.4) is 0 Å². The first-order valence-electron chi connectivity index (χ1n) is 10.8. The second-order valence-electron chi connectivity index (χ2n) is 8.24. The number of para-hydroxylation sites is 1. The standard InChI is InChI=1S/C21H25FN5O8P/c1-12(20(30)31)26-36(32,35-13-5-3-2-4-6-13)33-10-21(9-22)18(29)16(28)17(34-21)14-7-8-15-19(23)24-11-25-27(14)15/h2-8,11-12,16-18,28-29H,9-10H2,1H3,(H,26,32)(H,30,31)(H2,23,24,25)/t12-,16-,17-,18-,21+,36-/m0/s1. The fourth-order valence-corrected chi connectivity index (χ4v) is 5.31. The summed E-state index contributed by atoms with van der Waals surface area (Å²) >= 11 is 0. The van der Waals surface area contributed by atoms with Crippen LogP contribution in [0.15, 0.2) is 48.8 Å². The first kappa shape index (κ1) is 25.9. The molecule has 0 amide bonds. The largest absolute Gasteiger partial charge is 0.480 e. The summed E-state index contributed by atoms with van der Waals surface area (Å²) in [7, 11) is -4.44. The van der Waals surface area contributed by atoms with Gasteiger partial charge in [-0.05, 0) is 31.2 Å². The first-order valence-corrected chi connectivity index (χ1v) is 12.3. The van der Waals surface area contributed by atoms with Crippen molar-refractivity contribution < 1.29 is 42.9 Å². The van der Waals surface area contributed by atoms with Crippen molar-refractivity contribution in [1.82, 2.24) is 19.7 Å². The molecule has 3 aromatic rings. The Hall–Kier alpha value is -3.13. The number of anilines is 1. The summed E-state index contributed by atoms with van der Waals surface area (Å²) in [5, 5.41) is 37.0. The second kappa shape index (κ2) is 10.1. The number of aliphatic hydroxyl groups excluding tert-OH is 2. The van der Waals surface area contributed by atoms with Gasteiger partial charge in [0, 0.05) is 0 Å². The maximum Gasteiger partial charge on any atom is 0.459 e. The molecular weight excluding hydrogens is 500 g/mol. The third-order valence-electron chi connectivity index (χ3n) is 5.73. The molecule has 3 heterocycles. The number of carbonyl (C=O) groups is 1. The number of hydrogen-bond acceptors (Lipinski definition) is 10. The molecule has 6 atom stereocenters. The molecule has 1 fully saturated rings. The monoisotopic (exact) mass is 525 g/mol. The summed E-state index contributed by atoms with van der Waals surface area (Å²) in [6, 6.07) is 9.50.